The second-order valence-electron chi connectivity index (χ2n) is 9.14. The van der Waals surface area contributed by atoms with Gasteiger partial charge in [0.2, 0.25) is 0 Å². The molecule has 1 aromatic carbocycles. The summed E-state index contributed by atoms with van der Waals surface area (Å²) in [6.45, 7) is 9.92. The minimum absolute atomic E-state index is 0.454. The third kappa shape index (κ3) is 2.99. The molecule has 2 aliphatic carbocycles. The topological polar surface area (TPSA) is 0 Å². The van der Waals surface area contributed by atoms with E-state index in [1.807, 2.05) is 0 Å². The van der Waals surface area contributed by atoms with Crippen LogP contribution in [0.3, 0.4) is 0 Å². The van der Waals surface area contributed by atoms with E-state index in [2.05, 4.69) is 58.0 Å². The molecule has 1 aromatic rings. The standard InChI is InChI=1S/C22H34/c1-5-6-12-20-17(2)13-22(19-10-8-7-9-11-19)15-18(20)14-21(3,4)16-22/h7-11,17-18,20H,5-6,12-16H2,1-4H3. The van der Waals surface area contributed by atoms with Gasteiger partial charge in [-0.05, 0) is 66.3 Å². The lowest BCUT2D eigenvalue weighted by Gasteiger charge is -2.57. The van der Waals surface area contributed by atoms with Gasteiger partial charge in [0.1, 0.15) is 0 Å². The molecule has 22 heavy (non-hydrogen) atoms. The molecule has 0 spiro atoms. The lowest BCUT2D eigenvalue weighted by atomic mass is 9.48. The van der Waals surface area contributed by atoms with Gasteiger partial charge in [-0.1, -0.05) is 70.9 Å². The van der Waals surface area contributed by atoms with Crippen LogP contribution in [0.1, 0.15) is 78.2 Å². The Labute approximate surface area is 137 Å². The van der Waals surface area contributed by atoms with Crippen LogP contribution in [0.25, 0.3) is 0 Å². The number of hydrogen-bond acceptors (Lipinski definition) is 0. The third-order valence-corrected chi connectivity index (χ3v) is 6.61. The molecule has 2 fully saturated rings. The van der Waals surface area contributed by atoms with E-state index in [0.29, 0.717) is 10.8 Å². The molecule has 2 bridgehead atoms. The molecule has 0 heterocycles. The van der Waals surface area contributed by atoms with Gasteiger partial charge in [-0.25, -0.2) is 0 Å². The summed E-state index contributed by atoms with van der Waals surface area (Å²) in [5.41, 5.74) is 2.58. The summed E-state index contributed by atoms with van der Waals surface area (Å²) in [6.07, 6.45) is 9.91. The van der Waals surface area contributed by atoms with Gasteiger partial charge in [0.05, 0.1) is 0 Å². The molecule has 2 saturated carbocycles. The highest BCUT2D eigenvalue weighted by Crippen LogP contribution is 2.60. The Morgan fingerprint density at radius 2 is 1.77 bits per heavy atom. The van der Waals surface area contributed by atoms with Crippen LogP contribution in [0.4, 0.5) is 0 Å². The van der Waals surface area contributed by atoms with Crippen LogP contribution in [-0.2, 0) is 5.41 Å². The monoisotopic (exact) mass is 298 g/mol. The van der Waals surface area contributed by atoms with Crippen LogP contribution in [0.15, 0.2) is 30.3 Å². The van der Waals surface area contributed by atoms with Crippen molar-refractivity contribution in [2.75, 3.05) is 0 Å². The van der Waals surface area contributed by atoms with Crippen molar-refractivity contribution >= 4 is 0 Å². The predicted octanol–water partition coefficient (Wildman–Crippen LogP) is 6.60. The first-order valence-corrected chi connectivity index (χ1v) is 9.51. The largest absolute Gasteiger partial charge is 0.0654 e. The number of hydrogen-bond donors (Lipinski definition) is 0. The Balaban J connectivity index is 1.92. The van der Waals surface area contributed by atoms with Crippen LogP contribution >= 0.6 is 0 Å². The molecule has 0 aliphatic heterocycles. The maximum Gasteiger partial charge on any atom is -0.00365 e. The Morgan fingerprint density at radius 1 is 1.05 bits per heavy atom. The number of fused-ring (bicyclic) bond motifs is 2. The fraction of sp³-hybridized carbons (Fsp3) is 0.727. The summed E-state index contributed by atoms with van der Waals surface area (Å²) in [5, 5.41) is 0. The molecule has 0 amide bonds. The molecule has 0 heteroatoms. The molecule has 0 radical (unpaired) electrons. The van der Waals surface area contributed by atoms with Gasteiger partial charge >= 0.3 is 0 Å². The van der Waals surface area contributed by atoms with Gasteiger partial charge in [0.15, 0.2) is 0 Å². The molecule has 0 nitrogen and oxygen atoms in total. The van der Waals surface area contributed by atoms with Crippen molar-refractivity contribution in [2.24, 2.45) is 23.2 Å². The van der Waals surface area contributed by atoms with Crippen LogP contribution in [0.5, 0.6) is 0 Å². The molecule has 0 saturated heterocycles. The highest BCUT2D eigenvalue weighted by molar-refractivity contribution is 5.28. The molecule has 0 aromatic heterocycles. The lowest BCUT2D eigenvalue weighted by Crippen LogP contribution is -2.49. The van der Waals surface area contributed by atoms with Crippen LogP contribution < -0.4 is 0 Å². The zero-order valence-electron chi connectivity index (χ0n) is 15.1. The molecule has 4 atom stereocenters. The number of benzene rings is 1. The minimum Gasteiger partial charge on any atom is -0.0654 e. The van der Waals surface area contributed by atoms with E-state index in [4.69, 9.17) is 0 Å². The van der Waals surface area contributed by atoms with E-state index in [9.17, 15) is 0 Å². The lowest BCUT2D eigenvalue weighted by molar-refractivity contribution is -0.0177. The smallest absolute Gasteiger partial charge is 0.00365 e. The third-order valence-electron chi connectivity index (χ3n) is 6.61. The van der Waals surface area contributed by atoms with E-state index in [0.717, 1.165) is 17.8 Å². The summed E-state index contributed by atoms with van der Waals surface area (Å²) in [6, 6.07) is 11.5. The Kier molecular flexibility index (Phi) is 4.40. The maximum absolute atomic E-state index is 2.54. The van der Waals surface area contributed by atoms with Crippen molar-refractivity contribution in [3.63, 3.8) is 0 Å². The van der Waals surface area contributed by atoms with E-state index >= 15 is 0 Å². The van der Waals surface area contributed by atoms with Crippen molar-refractivity contribution in [3.05, 3.63) is 35.9 Å². The van der Waals surface area contributed by atoms with E-state index in [1.165, 1.54) is 44.9 Å². The highest BCUT2D eigenvalue weighted by Gasteiger charge is 2.51. The molecular weight excluding hydrogens is 264 g/mol. The summed E-state index contributed by atoms with van der Waals surface area (Å²) in [5.74, 6) is 2.80. The minimum atomic E-state index is 0.454. The van der Waals surface area contributed by atoms with E-state index < -0.39 is 0 Å². The number of rotatable bonds is 4. The van der Waals surface area contributed by atoms with Crippen LogP contribution in [-0.4, -0.2) is 0 Å². The van der Waals surface area contributed by atoms with Gasteiger partial charge < -0.3 is 0 Å². The van der Waals surface area contributed by atoms with Gasteiger partial charge in [0.25, 0.3) is 0 Å². The quantitative estimate of drug-likeness (QED) is 0.587. The normalized spacial score (nSPS) is 37.0. The maximum atomic E-state index is 2.54. The molecule has 2 aliphatic rings. The number of unbranched alkanes of at least 4 members (excludes halogenated alkanes) is 1. The summed E-state index contributed by atoms with van der Waals surface area (Å²) < 4.78 is 0. The Morgan fingerprint density at radius 3 is 2.45 bits per heavy atom. The first kappa shape index (κ1) is 16.1. The Hall–Kier alpha value is -0.780. The van der Waals surface area contributed by atoms with Gasteiger partial charge in [-0.2, -0.15) is 0 Å². The molecule has 0 N–H and O–H groups in total. The summed E-state index contributed by atoms with van der Waals surface area (Å²) in [7, 11) is 0. The molecule has 4 unspecified atom stereocenters. The van der Waals surface area contributed by atoms with Crippen LogP contribution in [0.2, 0.25) is 0 Å². The van der Waals surface area contributed by atoms with Crippen molar-refractivity contribution in [2.45, 2.75) is 78.1 Å². The first-order chi connectivity index (χ1) is 10.5. The van der Waals surface area contributed by atoms with Crippen molar-refractivity contribution in [1.29, 1.82) is 0 Å². The summed E-state index contributed by atoms with van der Waals surface area (Å²) in [4.78, 5) is 0. The molecule has 122 valence electrons. The average molecular weight is 299 g/mol. The second-order valence-corrected chi connectivity index (χ2v) is 9.14. The highest BCUT2D eigenvalue weighted by atomic mass is 14.6. The van der Waals surface area contributed by atoms with Crippen molar-refractivity contribution in [3.8, 4) is 0 Å². The molecular formula is C22H34. The summed E-state index contributed by atoms with van der Waals surface area (Å²) >= 11 is 0. The fourth-order valence-electron chi connectivity index (χ4n) is 6.12. The average Bonchev–Trinajstić information content (AvgIpc) is 2.46. The van der Waals surface area contributed by atoms with Gasteiger partial charge in [-0.3, -0.25) is 0 Å². The van der Waals surface area contributed by atoms with Gasteiger partial charge in [0, 0.05) is 0 Å². The van der Waals surface area contributed by atoms with E-state index in [1.54, 1.807) is 5.56 Å². The van der Waals surface area contributed by atoms with Crippen LogP contribution in [0, 0.1) is 23.2 Å². The van der Waals surface area contributed by atoms with E-state index in [-0.39, 0.29) is 0 Å². The van der Waals surface area contributed by atoms with Crippen molar-refractivity contribution < 1.29 is 0 Å². The Bertz CT molecular complexity index is 482. The molecule has 3 rings (SSSR count). The second kappa shape index (κ2) is 6.02. The fourth-order valence-corrected chi connectivity index (χ4v) is 6.12. The SMILES string of the molecule is CCCCC1C(C)CC2(c3ccccc3)CC1CC(C)(C)C2. The van der Waals surface area contributed by atoms with Gasteiger partial charge in [-0.15, -0.1) is 0 Å². The van der Waals surface area contributed by atoms with Crippen molar-refractivity contribution in [1.82, 2.24) is 0 Å². The zero-order valence-corrected chi connectivity index (χ0v) is 15.1. The zero-order chi connectivity index (χ0) is 15.8. The first-order valence-electron chi connectivity index (χ1n) is 9.51. The predicted molar refractivity (Wildman–Crippen MR) is 96.0 cm³/mol.